The molecule has 4 aromatic rings. The number of amides is 1. The Balaban J connectivity index is 1.49. The number of halogens is 2. The van der Waals surface area contributed by atoms with Gasteiger partial charge in [0.1, 0.15) is 11.6 Å². The van der Waals surface area contributed by atoms with E-state index < -0.39 is 33.1 Å². The van der Waals surface area contributed by atoms with Crippen molar-refractivity contribution in [3.63, 3.8) is 0 Å². The number of aliphatic hydroxyl groups is 1. The standard InChI is InChI=1S/C35H35BrFN3O6S/c36-30-13-6-5-12-29(30)32-35(20-24-47(43,44)28-10-2-1-3-11-28,34(42)40-38-21-19-25-9-4-7-14-31(25)37)39-33(46-32)26-15-17-27(18-16-26)45-23-8-22-41/h1-7,9-18,32,38,41H,8,19-24H2,(H,40,42)/t32-,35-/m0/s1. The van der Waals surface area contributed by atoms with Crippen LogP contribution in [0.15, 0.2) is 117 Å². The highest BCUT2D eigenvalue weighted by molar-refractivity contribution is 9.10. The molecular weight excluding hydrogens is 689 g/mol. The van der Waals surface area contributed by atoms with Gasteiger partial charge in [0.25, 0.3) is 5.91 Å². The second kappa shape index (κ2) is 15.7. The lowest BCUT2D eigenvalue weighted by Crippen LogP contribution is -2.53. The van der Waals surface area contributed by atoms with Crippen molar-refractivity contribution in [1.29, 1.82) is 0 Å². The van der Waals surface area contributed by atoms with Gasteiger partial charge in [0, 0.05) is 41.6 Å². The van der Waals surface area contributed by atoms with E-state index in [2.05, 4.69) is 26.8 Å². The number of carbonyl (C=O) groups excluding carboxylic acids is 1. The molecule has 0 saturated carbocycles. The van der Waals surface area contributed by atoms with E-state index in [0.29, 0.717) is 46.4 Å². The molecule has 2 atom stereocenters. The van der Waals surface area contributed by atoms with Gasteiger partial charge in [-0.25, -0.2) is 23.2 Å². The highest BCUT2D eigenvalue weighted by Crippen LogP contribution is 2.45. The van der Waals surface area contributed by atoms with Gasteiger partial charge < -0.3 is 14.6 Å². The third-order valence-electron chi connectivity index (χ3n) is 7.75. The van der Waals surface area contributed by atoms with E-state index in [1.807, 2.05) is 12.1 Å². The molecule has 0 aromatic heterocycles. The Morgan fingerprint density at radius 1 is 0.979 bits per heavy atom. The van der Waals surface area contributed by atoms with E-state index in [1.54, 1.807) is 72.8 Å². The molecule has 0 spiro atoms. The predicted molar refractivity (Wildman–Crippen MR) is 180 cm³/mol. The average Bonchev–Trinajstić information content (AvgIpc) is 3.48. The zero-order valence-corrected chi connectivity index (χ0v) is 27.8. The maximum absolute atomic E-state index is 14.3. The van der Waals surface area contributed by atoms with E-state index in [9.17, 15) is 17.6 Å². The molecule has 0 bridgehead atoms. The minimum atomic E-state index is -3.81. The van der Waals surface area contributed by atoms with Gasteiger partial charge in [-0.15, -0.1) is 0 Å². The van der Waals surface area contributed by atoms with Crippen molar-refractivity contribution in [2.45, 2.75) is 35.8 Å². The summed E-state index contributed by atoms with van der Waals surface area (Å²) in [5, 5.41) is 9.05. The molecule has 1 aliphatic rings. The van der Waals surface area contributed by atoms with Gasteiger partial charge in [0.2, 0.25) is 5.90 Å². The maximum Gasteiger partial charge on any atom is 0.266 e. The molecule has 5 rings (SSSR count). The Morgan fingerprint density at radius 3 is 2.40 bits per heavy atom. The summed E-state index contributed by atoms with van der Waals surface area (Å²) >= 11 is 3.58. The van der Waals surface area contributed by atoms with Crippen LogP contribution >= 0.6 is 15.9 Å². The third kappa shape index (κ3) is 8.25. The van der Waals surface area contributed by atoms with Crippen LogP contribution in [0.25, 0.3) is 0 Å². The van der Waals surface area contributed by atoms with Crippen LogP contribution < -0.4 is 15.6 Å². The van der Waals surface area contributed by atoms with Crippen LogP contribution in [0, 0.1) is 5.82 Å². The molecule has 0 unspecified atom stereocenters. The van der Waals surface area contributed by atoms with Crippen molar-refractivity contribution in [3.05, 3.63) is 130 Å². The van der Waals surface area contributed by atoms with E-state index in [1.165, 1.54) is 18.2 Å². The smallest absolute Gasteiger partial charge is 0.266 e. The van der Waals surface area contributed by atoms with Gasteiger partial charge in [-0.3, -0.25) is 10.2 Å². The number of benzene rings is 4. The van der Waals surface area contributed by atoms with E-state index in [4.69, 9.17) is 19.6 Å². The number of hydrogen-bond donors (Lipinski definition) is 3. The molecule has 9 nitrogen and oxygen atoms in total. The number of nitrogens with one attached hydrogen (secondary N) is 2. The molecule has 3 N–H and O–H groups in total. The number of ether oxygens (including phenoxy) is 2. The quantitative estimate of drug-likeness (QED) is 0.112. The van der Waals surface area contributed by atoms with Gasteiger partial charge in [-0.05, 0) is 60.5 Å². The van der Waals surface area contributed by atoms with Crippen LogP contribution in [0.5, 0.6) is 5.75 Å². The van der Waals surface area contributed by atoms with Crippen molar-refractivity contribution in [2.24, 2.45) is 4.99 Å². The third-order valence-corrected chi connectivity index (χ3v) is 10.2. The maximum atomic E-state index is 14.3. The molecule has 4 aromatic carbocycles. The Morgan fingerprint density at radius 2 is 1.68 bits per heavy atom. The molecule has 12 heteroatoms. The van der Waals surface area contributed by atoms with Gasteiger partial charge >= 0.3 is 0 Å². The van der Waals surface area contributed by atoms with Gasteiger partial charge in [-0.1, -0.05) is 70.5 Å². The first-order valence-corrected chi connectivity index (χ1v) is 17.6. The van der Waals surface area contributed by atoms with Crippen LogP contribution in [0.3, 0.4) is 0 Å². The molecule has 0 saturated heterocycles. The first-order chi connectivity index (χ1) is 22.7. The number of hydrogen-bond acceptors (Lipinski definition) is 8. The average molecular weight is 725 g/mol. The number of rotatable bonds is 15. The summed E-state index contributed by atoms with van der Waals surface area (Å²) < 4.78 is 54.0. The molecule has 1 heterocycles. The summed E-state index contributed by atoms with van der Waals surface area (Å²) in [5.74, 6) is -0.598. The number of hydrazine groups is 1. The summed E-state index contributed by atoms with van der Waals surface area (Å²) in [7, 11) is -3.81. The Labute approximate surface area is 281 Å². The molecule has 0 radical (unpaired) electrons. The van der Waals surface area contributed by atoms with Crippen LogP contribution in [0.2, 0.25) is 0 Å². The zero-order chi connectivity index (χ0) is 33.3. The fraction of sp³-hybridized carbons (Fsp3) is 0.257. The number of sulfone groups is 1. The van der Waals surface area contributed by atoms with E-state index >= 15 is 0 Å². The highest BCUT2D eigenvalue weighted by atomic mass is 79.9. The van der Waals surface area contributed by atoms with Crippen molar-refractivity contribution < 1.29 is 32.2 Å². The molecule has 47 heavy (non-hydrogen) atoms. The minimum absolute atomic E-state index is 0.0152. The molecule has 0 aliphatic carbocycles. The van der Waals surface area contributed by atoms with Crippen LogP contribution in [0.1, 0.15) is 35.6 Å². The largest absolute Gasteiger partial charge is 0.494 e. The highest BCUT2D eigenvalue weighted by Gasteiger charge is 2.54. The van der Waals surface area contributed by atoms with Gasteiger partial charge in [0.05, 0.1) is 17.3 Å². The van der Waals surface area contributed by atoms with Crippen LogP contribution in [-0.4, -0.2) is 56.4 Å². The lowest BCUT2D eigenvalue weighted by Gasteiger charge is -2.31. The second-order valence-corrected chi connectivity index (χ2v) is 13.9. The van der Waals surface area contributed by atoms with Crippen molar-refractivity contribution in [1.82, 2.24) is 10.9 Å². The SMILES string of the molecule is O=C(NNCCc1ccccc1F)[C@@]1(CCS(=O)(=O)c2ccccc2)N=C(c2ccc(OCCCO)cc2)O[C@H]1c1ccccc1Br. The number of nitrogens with zero attached hydrogens (tertiary/aromatic N) is 1. The molecular formula is C35H35BrFN3O6S. The van der Waals surface area contributed by atoms with E-state index in [0.717, 1.165) is 0 Å². The Hall–Kier alpha value is -4.10. The monoisotopic (exact) mass is 723 g/mol. The van der Waals surface area contributed by atoms with Crippen LogP contribution in [-0.2, 0) is 25.8 Å². The molecule has 246 valence electrons. The predicted octanol–water partition coefficient (Wildman–Crippen LogP) is 5.33. The summed E-state index contributed by atoms with van der Waals surface area (Å²) in [6.45, 7) is 0.571. The van der Waals surface area contributed by atoms with Crippen molar-refractivity contribution in [3.8, 4) is 5.75 Å². The number of carbonyl (C=O) groups is 1. The number of aliphatic hydroxyl groups excluding tert-OH is 1. The Bertz CT molecular complexity index is 1810. The lowest BCUT2D eigenvalue weighted by atomic mass is 9.85. The van der Waals surface area contributed by atoms with Crippen molar-refractivity contribution in [2.75, 3.05) is 25.5 Å². The zero-order valence-electron chi connectivity index (χ0n) is 25.4. The van der Waals surface area contributed by atoms with Gasteiger partial charge in [-0.2, -0.15) is 0 Å². The topological polar surface area (TPSA) is 126 Å². The second-order valence-electron chi connectivity index (χ2n) is 10.9. The van der Waals surface area contributed by atoms with E-state index in [-0.39, 0.29) is 36.2 Å². The number of aliphatic imine (C=N–C) groups is 1. The fourth-order valence-electron chi connectivity index (χ4n) is 5.22. The summed E-state index contributed by atoms with van der Waals surface area (Å²) in [6, 6.07) is 28.6. The normalized spacial score (nSPS) is 17.5. The van der Waals surface area contributed by atoms with Crippen LogP contribution in [0.4, 0.5) is 4.39 Å². The van der Waals surface area contributed by atoms with Crippen molar-refractivity contribution >= 4 is 37.6 Å². The minimum Gasteiger partial charge on any atom is -0.494 e. The first-order valence-electron chi connectivity index (χ1n) is 15.1. The van der Waals surface area contributed by atoms with Gasteiger partial charge in [0.15, 0.2) is 21.5 Å². The summed E-state index contributed by atoms with van der Waals surface area (Å²) in [4.78, 5) is 19.3. The molecule has 0 fully saturated rings. The molecule has 1 aliphatic heterocycles. The Kier molecular flexibility index (Phi) is 11.4. The molecule has 1 amide bonds. The first kappa shape index (κ1) is 34.2. The fourth-order valence-corrected chi connectivity index (χ4v) is 7.10. The lowest BCUT2D eigenvalue weighted by molar-refractivity contribution is -0.130. The summed E-state index contributed by atoms with van der Waals surface area (Å²) in [5.41, 5.74) is 5.52. The summed E-state index contributed by atoms with van der Waals surface area (Å²) in [6.07, 6.45) is -0.424.